The molecule has 0 bridgehead atoms. The van der Waals surface area contributed by atoms with E-state index in [1.165, 1.54) is 4.90 Å². The van der Waals surface area contributed by atoms with Crippen molar-refractivity contribution in [3.63, 3.8) is 0 Å². The summed E-state index contributed by atoms with van der Waals surface area (Å²) in [5.74, 6) is -0.538. The van der Waals surface area contributed by atoms with Gasteiger partial charge in [-0.25, -0.2) is 4.79 Å². The van der Waals surface area contributed by atoms with Crippen molar-refractivity contribution in [2.45, 2.75) is 44.2 Å². The van der Waals surface area contributed by atoms with E-state index in [-0.39, 0.29) is 36.8 Å². The van der Waals surface area contributed by atoms with Crippen molar-refractivity contribution in [2.24, 2.45) is 5.73 Å². The van der Waals surface area contributed by atoms with Crippen LogP contribution in [0.25, 0.3) is 0 Å². The van der Waals surface area contributed by atoms with Crippen LogP contribution >= 0.6 is 12.4 Å². The van der Waals surface area contributed by atoms with Crippen molar-refractivity contribution in [1.82, 2.24) is 15.1 Å². The number of likely N-dealkylation sites (N-methyl/N-ethyl adjacent to an activating group) is 1. The summed E-state index contributed by atoms with van der Waals surface area (Å²) in [6.07, 6.45) is 3.18. The molecule has 1 aliphatic heterocycles. The van der Waals surface area contributed by atoms with Gasteiger partial charge in [-0.15, -0.1) is 12.4 Å². The lowest BCUT2D eigenvalue weighted by Gasteiger charge is -2.25. The first kappa shape index (κ1) is 17.7. The largest absolute Gasteiger partial charge is 0.340 e. The Kier molecular flexibility index (Phi) is 5.58. The fourth-order valence-corrected chi connectivity index (χ4v) is 2.79. The molecule has 1 heterocycles. The molecule has 7 nitrogen and oxygen atoms in total. The summed E-state index contributed by atoms with van der Waals surface area (Å²) in [4.78, 5) is 38.9. The number of hydrogen-bond donors (Lipinski definition) is 2. The van der Waals surface area contributed by atoms with Crippen LogP contribution in [-0.2, 0) is 9.59 Å². The number of nitrogens with two attached hydrogens (primary N) is 1. The quantitative estimate of drug-likeness (QED) is 0.717. The molecule has 2 fully saturated rings. The Bertz CT molecular complexity index is 437. The Labute approximate surface area is 130 Å². The topological polar surface area (TPSA) is 95.7 Å². The standard InChI is InChI=1S/C13H22N4O3.ClH/c1-9(7-14)16(2)10(18)8-17-11(19)13(15-12(17)20)5-3-4-6-13;/h9H,3-8,14H2,1-2H3,(H,15,20);1H. The summed E-state index contributed by atoms with van der Waals surface area (Å²) in [6, 6.07) is -0.581. The summed E-state index contributed by atoms with van der Waals surface area (Å²) in [5, 5.41) is 2.76. The molecule has 1 aliphatic carbocycles. The van der Waals surface area contributed by atoms with Crippen molar-refractivity contribution >= 4 is 30.3 Å². The second-order valence-corrected chi connectivity index (χ2v) is 5.70. The van der Waals surface area contributed by atoms with Gasteiger partial charge in [-0.3, -0.25) is 14.5 Å². The van der Waals surface area contributed by atoms with E-state index in [0.29, 0.717) is 19.4 Å². The van der Waals surface area contributed by atoms with Crippen molar-refractivity contribution in [3.05, 3.63) is 0 Å². The van der Waals surface area contributed by atoms with Crippen LogP contribution in [0, 0.1) is 0 Å². The van der Waals surface area contributed by atoms with E-state index in [0.717, 1.165) is 17.7 Å². The Hall–Kier alpha value is -1.34. The van der Waals surface area contributed by atoms with Crippen LogP contribution < -0.4 is 11.1 Å². The van der Waals surface area contributed by atoms with Gasteiger partial charge >= 0.3 is 6.03 Å². The minimum Gasteiger partial charge on any atom is -0.340 e. The maximum Gasteiger partial charge on any atom is 0.325 e. The van der Waals surface area contributed by atoms with E-state index in [4.69, 9.17) is 5.73 Å². The van der Waals surface area contributed by atoms with Gasteiger partial charge in [0.05, 0.1) is 0 Å². The van der Waals surface area contributed by atoms with E-state index in [2.05, 4.69) is 5.32 Å². The summed E-state index contributed by atoms with van der Waals surface area (Å²) in [5.41, 5.74) is 4.76. The zero-order valence-corrected chi connectivity index (χ0v) is 13.2. The zero-order chi connectivity index (χ0) is 14.9. The Morgan fingerprint density at radius 2 is 2.00 bits per heavy atom. The molecular weight excluding hydrogens is 296 g/mol. The third kappa shape index (κ3) is 3.13. The number of imide groups is 1. The highest BCUT2D eigenvalue weighted by Crippen LogP contribution is 2.34. The van der Waals surface area contributed by atoms with Crippen LogP contribution in [0.1, 0.15) is 32.6 Å². The molecule has 120 valence electrons. The number of carbonyl (C=O) groups excluding carboxylic acids is 3. The number of nitrogens with one attached hydrogen (secondary N) is 1. The average molecular weight is 319 g/mol. The van der Waals surface area contributed by atoms with E-state index in [1.807, 2.05) is 6.92 Å². The first-order valence-corrected chi connectivity index (χ1v) is 7.01. The molecule has 8 heteroatoms. The maximum absolute atomic E-state index is 12.4. The van der Waals surface area contributed by atoms with Gasteiger partial charge in [-0.2, -0.15) is 0 Å². The van der Waals surface area contributed by atoms with Gasteiger partial charge in [0, 0.05) is 19.6 Å². The predicted octanol–water partition coefficient (Wildman–Crippen LogP) is 0.0784. The van der Waals surface area contributed by atoms with Crippen molar-refractivity contribution in [3.8, 4) is 0 Å². The first-order valence-electron chi connectivity index (χ1n) is 7.01. The minimum absolute atomic E-state index is 0. The number of urea groups is 1. The monoisotopic (exact) mass is 318 g/mol. The fourth-order valence-electron chi connectivity index (χ4n) is 2.79. The van der Waals surface area contributed by atoms with Crippen molar-refractivity contribution < 1.29 is 14.4 Å². The van der Waals surface area contributed by atoms with Crippen molar-refractivity contribution in [2.75, 3.05) is 20.1 Å². The molecule has 3 N–H and O–H groups in total. The molecule has 0 radical (unpaired) electrons. The van der Waals surface area contributed by atoms with Gasteiger partial charge in [-0.05, 0) is 19.8 Å². The first-order chi connectivity index (χ1) is 9.41. The SMILES string of the molecule is CC(CN)N(C)C(=O)CN1C(=O)NC2(CCCC2)C1=O.Cl. The molecular formula is C13H23ClN4O3. The van der Waals surface area contributed by atoms with Crippen LogP contribution in [-0.4, -0.2) is 59.4 Å². The molecule has 2 rings (SSSR count). The van der Waals surface area contributed by atoms with Crippen molar-refractivity contribution in [1.29, 1.82) is 0 Å². The average Bonchev–Trinajstić information content (AvgIpc) is 2.98. The number of amides is 4. The number of nitrogens with zero attached hydrogens (tertiary/aromatic N) is 2. The molecule has 0 aromatic rings. The Morgan fingerprint density at radius 3 is 2.52 bits per heavy atom. The smallest absolute Gasteiger partial charge is 0.325 e. The molecule has 4 amide bonds. The molecule has 1 unspecified atom stereocenters. The fraction of sp³-hybridized carbons (Fsp3) is 0.769. The maximum atomic E-state index is 12.4. The predicted molar refractivity (Wildman–Crippen MR) is 80.0 cm³/mol. The van der Waals surface area contributed by atoms with Gasteiger partial charge in [0.25, 0.3) is 5.91 Å². The lowest BCUT2D eigenvalue weighted by Crippen LogP contribution is -2.47. The van der Waals surface area contributed by atoms with Gasteiger partial charge in [0.15, 0.2) is 0 Å². The molecule has 1 spiro atoms. The van der Waals surface area contributed by atoms with Gasteiger partial charge < -0.3 is 16.0 Å². The zero-order valence-electron chi connectivity index (χ0n) is 12.4. The van der Waals surface area contributed by atoms with Crippen LogP contribution in [0.2, 0.25) is 0 Å². The Morgan fingerprint density at radius 1 is 1.43 bits per heavy atom. The third-order valence-electron chi connectivity index (χ3n) is 4.39. The Balaban J connectivity index is 0.00000220. The van der Waals surface area contributed by atoms with Crippen LogP contribution in [0.5, 0.6) is 0 Å². The van der Waals surface area contributed by atoms with E-state index in [9.17, 15) is 14.4 Å². The highest BCUT2D eigenvalue weighted by atomic mass is 35.5. The lowest BCUT2D eigenvalue weighted by atomic mass is 9.98. The normalized spacial score (nSPS) is 21.2. The number of carbonyl (C=O) groups is 3. The minimum atomic E-state index is -0.755. The van der Waals surface area contributed by atoms with Crippen LogP contribution in [0.15, 0.2) is 0 Å². The second kappa shape index (κ2) is 6.62. The number of halogens is 1. The summed E-state index contributed by atoms with van der Waals surface area (Å²) < 4.78 is 0. The van der Waals surface area contributed by atoms with Gasteiger partial charge in [0.2, 0.25) is 5.91 Å². The number of hydrogen-bond acceptors (Lipinski definition) is 4. The lowest BCUT2D eigenvalue weighted by molar-refractivity contribution is -0.139. The molecule has 2 aliphatic rings. The third-order valence-corrected chi connectivity index (χ3v) is 4.39. The summed E-state index contributed by atoms with van der Waals surface area (Å²) in [7, 11) is 1.63. The second-order valence-electron chi connectivity index (χ2n) is 5.70. The molecule has 1 atom stereocenters. The van der Waals surface area contributed by atoms with Crippen LogP contribution in [0.4, 0.5) is 4.79 Å². The van der Waals surface area contributed by atoms with E-state index in [1.54, 1.807) is 7.05 Å². The highest BCUT2D eigenvalue weighted by Gasteiger charge is 2.52. The molecule has 21 heavy (non-hydrogen) atoms. The van der Waals surface area contributed by atoms with E-state index >= 15 is 0 Å². The van der Waals surface area contributed by atoms with Gasteiger partial charge in [-0.1, -0.05) is 12.8 Å². The van der Waals surface area contributed by atoms with E-state index < -0.39 is 11.6 Å². The van der Waals surface area contributed by atoms with Crippen LogP contribution in [0.3, 0.4) is 0 Å². The highest BCUT2D eigenvalue weighted by molar-refractivity contribution is 6.09. The summed E-state index contributed by atoms with van der Waals surface area (Å²) >= 11 is 0. The number of rotatable bonds is 4. The molecule has 1 saturated carbocycles. The molecule has 1 saturated heterocycles. The van der Waals surface area contributed by atoms with Gasteiger partial charge in [0.1, 0.15) is 12.1 Å². The molecule has 0 aromatic carbocycles. The summed E-state index contributed by atoms with van der Waals surface area (Å²) in [6.45, 7) is 1.95. The molecule has 0 aromatic heterocycles.